The van der Waals surface area contributed by atoms with Gasteiger partial charge in [-0.25, -0.2) is 0 Å². The first-order valence-corrected chi connectivity index (χ1v) is 12.9. The monoisotopic (exact) mass is 504 g/mol. The van der Waals surface area contributed by atoms with E-state index in [1.165, 1.54) is 0 Å². The lowest BCUT2D eigenvalue weighted by atomic mass is 9.92. The Labute approximate surface area is 217 Å². The molecule has 0 bridgehead atoms. The molecule has 0 spiro atoms. The maximum absolute atomic E-state index is 13.4. The third kappa shape index (κ3) is 6.55. The summed E-state index contributed by atoms with van der Waals surface area (Å²) in [5, 5.41) is 15.2. The first kappa shape index (κ1) is 26.4. The number of benzene rings is 2. The normalized spacial score (nSPS) is 17.4. The minimum absolute atomic E-state index is 0.0965. The molecule has 0 radical (unpaired) electrons. The average molecular weight is 505 g/mol. The lowest BCUT2D eigenvalue weighted by Gasteiger charge is -2.27. The molecule has 2 aromatic carbocycles. The van der Waals surface area contributed by atoms with Gasteiger partial charge in [0.15, 0.2) is 0 Å². The SMILES string of the molecule is CCOC(=N)c1ccc2cc(C(=O)NC3CCC(N)CC3)n(Cc3ccc(NC(=O)CCN)cc3)c2c1. The molecule has 37 heavy (non-hydrogen) atoms. The van der Waals surface area contributed by atoms with Crippen LogP contribution in [-0.4, -0.2) is 47.5 Å². The smallest absolute Gasteiger partial charge is 0.268 e. The third-order valence-electron chi connectivity index (χ3n) is 6.74. The molecular formula is C28H36N6O3. The maximum atomic E-state index is 13.4. The topological polar surface area (TPSA) is 148 Å². The number of nitrogens with two attached hydrogens (primary N) is 2. The summed E-state index contributed by atoms with van der Waals surface area (Å²) in [6.07, 6.45) is 3.83. The van der Waals surface area contributed by atoms with E-state index >= 15 is 0 Å². The van der Waals surface area contributed by atoms with Crippen molar-refractivity contribution in [3.05, 3.63) is 65.4 Å². The summed E-state index contributed by atoms with van der Waals surface area (Å²) in [6.45, 7) is 3.00. The van der Waals surface area contributed by atoms with Crippen LogP contribution < -0.4 is 22.1 Å². The van der Waals surface area contributed by atoms with Gasteiger partial charge in [-0.1, -0.05) is 18.2 Å². The number of hydrogen-bond acceptors (Lipinski definition) is 6. The number of carbonyl (C=O) groups excluding carboxylic acids is 2. The Balaban J connectivity index is 1.64. The molecule has 2 amide bonds. The molecule has 7 N–H and O–H groups in total. The van der Waals surface area contributed by atoms with Crippen molar-refractivity contribution in [2.75, 3.05) is 18.5 Å². The van der Waals surface area contributed by atoms with Gasteiger partial charge >= 0.3 is 0 Å². The van der Waals surface area contributed by atoms with E-state index in [-0.39, 0.29) is 36.2 Å². The summed E-state index contributed by atoms with van der Waals surface area (Å²) >= 11 is 0. The van der Waals surface area contributed by atoms with E-state index < -0.39 is 0 Å². The van der Waals surface area contributed by atoms with Gasteiger partial charge in [-0.15, -0.1) is 0 Å². The Kier molecular flexibility index (Phi) is 8.58. The number of rotatable bonds is 9. The Morgan fingerprint density at radius 1 is 1.08 bits per heavy atom. The predicted octanol–water partition coefficient (Wildman–Crippen LogP) is 3.34. The fraction of sp³-hybridized carbons (Fsp3) is 0.393. The summed E-state index contributed by atoms with van der Waals surface area (Å²) in [5.41, 5.74) is 15.2. The highest BCUT2D eigenvalue weighted by molar-refractivity contribution is 6.01. The molecule has 1 heterocycles. The molecule has 3 aromatic rings. The van der Waals surface area contributed by atoms with Crippen LogP contribution >= 0.6 is 0 Å². The molecule has 196 valence electrons. The molecular weight excluding hydrogens is 468 g/mol. The molecule has 0 atom stereocenters. The number of hydrogen-bond donors (Lipinski definition) is 5. The van der Waals surface area contributed by atoms with E-state index in [4.69, 9.17) is 21.6 Å². The highest BCUT2D eigenvalue weighted by Gasteiger charge is 2.23. The Hall–Kier alpha value is -3.69. The van der Waals surface area contributed by atoms with Crippen LogP contribution in [0.5, 0.6) is 0 Å². The zero-order valence-corrected chi connectivity index (χ0v) is 21.3. The van der Waals surface area contributed by atoms with Crippen LogP contribution in [0.3, 0.4) is 0 Å². The average Bonchev–Trinajstić information content (AvgIpc) is 3.24. The minimum Gasteiger partial charge on any atom is -0.478 e. The molecule has 0 aliphatic heterocycles. The highest BCUT2D eigenvalue weighted by atomic mass is 16.5. The second-order valence-electron chi connectivity index (χ2n) is 9.52. The van der Waals surface area contributed by atoms with Crippen molar-refractivity contribution in [2.24, 2.45) is 11.5 Å². The van der Waals surface area contributed by atoms with Crippen LogP contribution in [0.15, 0.2) is 48.5 Å². The van der Waals surface area contributed by atoms with Crippen LogP contribution in [0.1, 0.15) is 60.6 Å². The molecule has 0 unspecified atom stereocenters. The summed E-state index contributed by atoms with van der Waals surface area (Å²) in [6, 6.07) is 15.4. The Morgan fingerprint density at radius 3 is 2.49 bits per heavy atom. The lowest BCUT2D eigenvalue weighted by Crippen LogP contribution is -2.41. The van der Waals surface area contributed by atoms with Gasteiger partial charge in [-0.2, -0.15) is 0 Å². The van der Waals surface area contributed by atoms with Crippen molar-refractivity contribution in [1.82, 2.24) is 9.88 Å². The summed E-state index contributed by atoms with van der Waals surface area (Å²) in [7, 11) is 0. The standard InChI is InChI=1S/C28H36N6O3/c1-2-37-27(31)20-6-5-19-15-25(28(36)33-23-11-7-21(30)8-12-23)34(24(19)16-20)17-18-3-9-22(10-4-18)32-26(35)13-14-29/h3-6,9-10,15-16,21,23,31H,2,7-8,11-14,17,29-30H2,1H3,(H,32,35)(H,33,36). The molecule has 1 fully saturated rings. The van der Waals surface area contributed by atoms with Crippen molar-refractivity contribution < 1.29 is 14.3 Å². The summed E-state index contributed by atoms with van der Waals surface area (Å²) in [5.74, 6) is -0.151. The van der Waals surface area contributed by atoms with Crippen molar-refractivity contribution in [2.45, 2.75) is 57.7 Å². The van der Waals surface area contributed by atoms with Gasteiger partial charge < -0.3 is 31.4 Å². The molecule has 9 nitrogen and oxygen atoms in total. The zero-order chi connectivity index (χ0) is 26.4. The van der Waals surface area contributed by atoms with Gasteiger partial charge in [0.2, 0.25) is 11.8 Å². The Morgan fingerprint density at radius 2 is 1.81 bits per heavy atom. The van der Waals surface area contributed by atoms with Crippen molar-refractivity contribution >= 4 is 34.3 Å². The number of nitrogens with zero attached hydrogens (tertiary/aromatic N) is 1. The maximum Gasteiger partial charge on any atom is 0.268 e. The van der Waals surface area contributed by atoms with E-state index in [1.54, 1.807) is 0 Å². The molecule has 1 aromatic heterocycles. The molecule has 0 saturated heterocycles. The van der Waals surface area contributed by atoms with Gasteiger partial charge in [0.1, 0.15) is 5.69 Å². The second kappa shape index (κ2) is 12.0. The number of anilines is 1. The number of ether oxygens (including phenoxy) is 1. The number of carbonyl (C=O) groups is 2. The van der Waals surface area contributed by atoms with E-state index in [2.05, 4.69) is 10.6 Å². The lowest BCUT2D eigenvalue weighted by molar-refractivity contribution is -0.116. The highest BCUT2D eigenvalue weighted by Crippen LogP contribution is 2.25. The molecule has 1 aliphatic carbocycles. The van der Waals surface area contributed by atoms with Crippen LogP contribution in [0.4, 0.5) is 5.69 Å². The van der Waals surface area contributed by atoms with Gasteiger partial charge in [-0.3, -0.25) is 15.0 Å². The van der Waals surface area contributed by atoms with Gasteiger partial charge in [0, 0.05) is 53.7 Å². The van der Waals surface area contributed by atoms with Crippen molar-refractivity contribution in [3.8, 4) is 0 Å². The summed E-state index contributed by atoms with van der Waals surface area (Å²) in [4.78, 5) is 25.3. The van der Waals surface area contributed by atoms with Crippen molar-refractivity contribution in [1.29, 1.82) is 5.41 Å². The minimum atomic E-state index is -0.126. The fourth-order valence-electron chi connectivity index (χ4n) is 4.74. The number of aromatic nitrogens is 1. The quantitative estimate of drug-likeness (QED) is 0.224. The van der Waals surface area contributed by atoms with Crippen LogP contribution in [0, 0.1) is 5.41 Å². The van der Waals surface area contributed by atoms with E-state index in [1.807, 2.05) is 60.0 Å². The Bertz CT molecular complexity index is 1260. The van der Waals surface area contributed by atoms with Crippen LogP contribution in [0.25, 0.3) is 10.9 Å². The molecule has 1 saturated carbocycles. The summed E-state index contributed by atoms with van der Waals surface area (Å²) < 4.78 is 7.38. The van der Waals surface area contributed by atoms with Crippen LogP contribution in [-0.2, 0) is 16.1 Å². The molecule has 9 heteroatoms. The number of nitrogens with one attached hydrogen (secondary N) is 3. The first-order valence-electron chi connectivity index (χ1n) is 12.9. The largest absolute Gasteiger partial charge is 0.478 e. The van der Waals surface area contributed by atoms with E-state index in [9.17, 15) is 9.59 Å². The van der Waals surface area contributed by atoms with E-state index in [0.717, 1.165) is 42.1 Å². The fourth-order valence-corrected chi connectivity index (χ4v) is 4.74. The molecule has 1 aliphatic rings. The molecule has 4 rings (SSSR count). The van der Waals surface area contributed by atoms with Crippen molar-refractivity contribution in [3.63, 3.8) is 0 Å². The number of amides is 2. The number of fused-ring (bicyclic) bond motifs is 1. The van der Waals surface area contributed by atoms with Gasteiger partial charge in [0.05, 0.1) is 6.61 Å². The predicted molar refractivity (Wildman–Crippen MR) is 146 cm³/mol. The first-order chi connectivity index (χ1) is 17.9. The van der Waals surface area contributed by atoms with Gasteiger partial charge in [0.25, 0.3) is 5.91 Å². The van der Waals surface area contributed by atoms with E-state index in [0.29, 0.717) is 36.6 Å². The third-order valence-corrected chi connectivity index (χ3v) is 6.74. The second-order valence-corrected chi connectivity index (χ2v) is 9.52. The van der Waals surface area contributed by atoms with Gasteiger partial charge in [-0.05, 0) is 68.5 Å². The zero-order valence-electron chi connectivity index (χ0n) is 21.3. The van der Waals surface area contributed by atoms with Crippen LogP contribution in [0.2, 0.25) is 0 Å².